The summed E-state index contributed by atoms with van der Waals surface area (Å²) in [6, 6.07) is 0. The molecule has 0 rings (SSSR count). The molecule has 0 aliphatic heterocycles. The van der Waals surface area contributed by atoms with Gasteiger partial charge in [0.2, 0.25) is 0 Å². The first kappa shape index (κ1) is 7.41. The van der Waals surface area contributed by atoms with Crippen molar-refractivity contribution in [3.63, 3.8) is 0 Å². The van der Waals surface area contributed by atoms with Gasteiger partial charge in [-0.05, 0) is 12.0 Å². The van der Waals surface area contributed by atoms with Crippen molar-refractivity contribution in [2.24, 2.45) is 0 Å². The van der Waals surface area contributed by atoms with Crippen LogP contribution in [-0.4, -0.2) is 6.67 Å². The molecule has 1 heteroatoms. The molecule has 0 spiro atoms. The van der Waals surface area contributed by atoms with Gasteiger partial charge in [-0.2, -0.15) is 0 Å². The number of hydrogen-bond acceptors (Lipinski definition) is 0. The topological polar surface area (TPSA) is 0 Å². The highest BCUT2D eigenvalue weighted by Gasteiger charge is 1.80. The smallest absolute Gasteiger partial charge is 0.114 e. The molecule has 8 heavy (non-hydrogen) atoms. The number of halogens is 1. The summed E-state index contributed by atoms with van der Waals surface area (Å²) in [5, 5.41) is 0. The van der Waals surface area contributed by atoms with E-state index in [4.69, 9.17) is 0 Å². The van der Waals surface area contributed by atoms with Crippen LogP contribution in [0.15, 0.2) is 24.3 Å². The lowest BCUT2D eigenvalue weighted by molar-refractivity contribution is 0.550. The van der Waals surface area contributed by atoms with E-state index in [2.05, 4.69) is 6.58 Å². The van der Waals surface area contributed by atoms with Crippen LogP contribution in [0.4, 0.5) is 4.39 Å². The minimum Gasteiger partial charge on any atom is -0.246 e. The first-order valence-corrected chi connectivity index (χ1v) is 2.71. The fourth-order valence-corrected chi connectivity index (χ4v) is 0.329. The highest BCUT2D eigenvalue weighted by Crippen LogP contribution is 1.93. The quantitative estimate of drug-likeness (QED) is 0.494. The molecule has 0 nitrogen and oxygen atoms in total. The second kappa shape index (κ2) is 4.57. The van der Waals surface area contributed by atoms with Crippen LogP contribution < -0.4 is 0 Å². The molecular formula is C7H11F. The molecule has 0 aromatic carbocycles. The molecule has 0 N–H and O–H groups in total. The molecule has 0 aromatic rings. The standard InChI is InChI=1S/C7H11F/c1-3-4-5-7(2)6-8/h4-5H,2-3,6H2,1H3. The van der Waals surface area contributed by atoms with Gasteiger partial charge in [0.1, 0.15) is 6.67 Å². The van der Waals surface area contributed by atoms with E-state index in [1.54, 1.807) is 6.08 Å². The molecule has 0 aliphatic rings. The Balaban J connectivity index is 3.37. The first-order chi connectivity index (χ1) is 3.81. The number of alkyl halides is 1. The Labute approximate surface area is 49.7 Å². The Hall–Kier alpha value is -0.590. The van der Waals surface area contributed by atoms with Crippen LogP contribution in [0.3, 0.4) is 0 Å². The molecule has 0 aliphatic carbocycles. The average Bonchev–Trinajstić information content (AvgIpc) is 1.83. The number of hydrogen-bond donors (Lipinski definition) is 0. The normalized spacial score (nSPS) is 10.2. The van der Waals surface area contributed by atoms with E-state index in [1.165, 1.54) is 0 Å². The molecule has 0 saturated heterocycles. The number of allylic oxidation sites excluding steroid dienone is 3. The van der Waals surface area contributed by atoms with Crippen molar-refractivity contribution in [3.05, 3.63) is 24.3 Å². The van der Waals surface area contributed by atoms with Crippen LogP contribution in [-0.2, 0) is 0 Å². The van der Waals surface area contributed by atoms with Gasteiger partial charge in [0.15, 0.2) is 0 Å². The fourth-order valence-electron chi connectivity index (χ4n) is 0.329. The maximum atomic E-state index is 11.6. The predicted octanol–water partition coefficient (Wildman–Crippen LogP) is 2.48. The Morgan fingerprint density at radius 3 is 2.75 bits per heavy atom. The lowest BCUT2D eigenvalue weighted by atomic mass is 10.3. The van der Waals surface area contributed by atoms with Crippen LogP contribution in [0, 0.1) is 0 Å². The summed E-state index contributed by atoms with van der Waals surface area (Å²) in [5.41, 5.74) is 0.548. The van der Waals surface area contributed by atoms with Crippen LogP contribution in [0.5, 0.6) is 0 Å². The van der Waals surface area contributed by atoms with E-state index < -0.39 is 6.67 Å². The molecule has 0 atom stereocenters. The van der Waals surface area contributed by atoms with E-state index in [-0.39, 0.29) is 0 Å². The highest BCUT2D eigenvalue weighted by molar-refractivity contribution is 5.13. The van der Waals surface area contributed by atoms with Gasteiger partial charge in [0.25, 0.3) is 0 Å². The predicted molar refractivity (Wildman–Crippen MR) is 34.5 cm³/mol. The van der Waals surface area contributed by atoms with E-state index in [1.807, 2.05) is 13.0 Å². The third-order valence-electron chi connectivity index (χ3n) is 0.761. The van der Waals surface area contributed by atoms with Crippen LogP contribution >= 0.6 is 0 Å². The second-order valence-electron chi connectivity index (χ2n) is 1.60. The fraction of sp³-hybridized carbons (Fsp3) is 0.429. The summed E-state index contributed by atoms with van der Waals surface area (Å²) < 4.78 is 11.6. The zero-order valence-corrected chi connectivity index (χ0v) is 5.15. The molecule has 0 fully saturated rings. The lowest BCUT2D eigenvalue weighted by Gasteiger charge is -1.85. The molecule has 0 amide bonds. The first-order valence-electron chi connectivity index (χ1n) is 2.71. The molecule has 0 radical (unpaired) electrons. The molecule has 0 unspecified atom stereocenters. The monoisotopic (exact) mass is 114 g/mol. The minimum absolute atomic E-state index is 0.434. The van der Waals surface area contributed by atoms with Gasteiger partial charge < -0.3 is 0 Å². The lowest BCUT2D eigenvalue weighted by Crippen LogP contribution is -1.73. The Bertz CT molecular complexity index is 92.6. The van der Waals surface area contributed by atoms with Crippen molar-refractivity contribution in [2.75, 3.05) is 6.67 Å². The van der Waals surface area contributed by atoms with E-state index >= 15 is 0 Å². The largest absolute Gasteiger partial charge is 0.246 e. The van der Waals surface area contributed by atoms with Crippen molar-refractivity contribution >= 4 is 0 Å². The van der Waals surface area contributed by atoms with Gasteiger partial charge in [0, 0.05) is 0 Å². The molecule has 0 bridgehead atoms. The second-order valence-corrected chi connectivity index (χ2v) is 1.60. The van der Waals surface area contributed by atoms with Crippen LogP contribution in [0.2, 0.25) is 0 Å². The van der Waals surface area contributed by atoms with Crippen molar-refractivity contribution in [3.8, 4) is 0 Å². The molecule has 0 aromatic heterocycles. The van der Waals surface area contributed by atoms with Crippen molar-refractivity contribution in [2.45, 2.75) is 13.3 Å². The van der Waals surface area contributed by atoms with Gasteiger partial charge >= 0.3 is 0 Å². The van der Waals surface area contributed by atoms with E-state index in [0.29, 0.717) is 5.57 Å². The third-order valence-corrected chi connectivity index (χ3v) is 0.761. The van der Waals surface area contributed by atoms with Gasteiger partial charge in [-0.1, -0.05) is 25.7 Å². The SMILES string of the molecule is C=C(C=CCC)CF. The van der Waals surface area contributed by atoms with Gasteiger partial charge in [-0.3, -0.25) is 0 Å². The van der Waals surface area contributed by atoms with Crippen LogP contribution in [0.1, 0.15) is 13.3 Å². The van der Waals surface area contributed by atoms with Crippen molar-refractivity contribution < 1.29 is 4.39 Å². The maximum Gasteiger partial charge on any atom is 0.114 e. The highest BCUT2D eigenvalue weighted by atomic mass is 19.1. The number of rotatable bonds is 3. The van der Waals surface area contributed by atoms with Gasteiger partial charge in [0.05, 0.1) is 0 Å². The Morgan fingerprint density at radius 2 is 2.38 bits per heavy atom. The molecule has 46 valence electrons. The van der Waals surface area contributed by atoms with E-state index in [9.17, 15) is 4.39 Å². The maximum absolute atomic E-state index is 11.6. The van der Waals surface area contributed by atoms with Crippen LogP contribution in [0.25, 0.3) is 0 Å². The summed E-state index contributed by atoms with van der Waals surface area (Å²) in [6.07, 6.45) is 4.54. The Morgan fingerprint density at radius 1 is 1.75 bits per heavy atom. The Kier molecular flexibility index (Phi) is 4.23. The minimum atomic E-state index is -0.434. The summed E-state index contributed by atoms with van der Waals surface area (Å²) in [4.78, 5) is 0. The van der Waals surface area contributed by atoms with Gasteiger partial charge in [-0.25, -0.2) is 4.39 Å². The third kappa shape index (κ3) is 3.59. The van der Waals surface area contributed by atoms with Crippen molar-refractivity contribution in [1.29, 1.82) is 0 Å². The summed E-state index contributed by atoms with van der Waals surface area (Å²) >= 11 is 0. The van der Waals surface area contributed by atoms with Gasteiger partial charge in [-0.15, -0.1) is 0 Å². The zero-order valence-electron chi connectivity index (χ0n) is 5.15. The molecule has 0 heterocycles. The average molecular weight is 114 g/mol. The summed E-state index contributed by atoms with van der Waals surface area (Å²) in [6.45, 7) is 5.02. The zero-order chi connectivity index (χ0) is 6.41. The van der Waals surface area contributed by atoms with Crippen molar-refractivity contribution in [1.82, 2.24) is 0 Å². The van der Waals surface area contributed by atoms with E-state index in [0.717, 1.165) is 6.42 Å². The summed E-state index contributed by atoms with van der Waals surface area (Å²) in [7, 11) is 0. The molecular weight excluding hydrogens is 103 g/mol. The molecule has 0 saturated carbocycles. The summed E-state index contributed by atoms with van der Waals surface area (Å²) in [5.74, 6) is 0.